The van der Waals surface area contributed by atoms with E-state index < -0.39 is 5.97 Å². The van der Waals surface area contributed by atoms with Crippen molar-refractivity contribution in [1.29, 1.82) is 0 Å². The van der Waals surface area contributed by atoms with E-state index in [1.54, 1.807) is 29.7 Å². The van der Waals surface area contributed by atoms with Gasteiger partial charge in [-0.3, -0.25) is 4.68 Å². The first kappa shape index (κ1) is 14.4. The van der Waals surface area contributed by atoms with Crippen LogP contribution in [0, 0.1) is 0 Å². The standard InChI is InChI=1S/C13H16N4O2S/c1-3-5-20-6-4-14-11-9-8-16-17(2)12(9)15-7-10(11)13(18)19/h3,7-8H,1,4-6H2,2H3,(H,14,15)(H,18,19). The average Bonchev–Trinajstić information content (AvgIpc) is 2.80. The molecule has 0 amide bonds. The summed E-state index contributed by atoms with van der Waals surface area (Å²) in [5, 5.41) is 17.3. The fourth-order valence-electron chi connectivity index (χ4n) is 1.86. The van der Waals surface area contributed by atoms with Gasteiger partial charge in [0.1, 0.15) is 5.56 Å². The summed E-state index contributed by atoms with van der Waals surface area (Å²) in [5.41, 5.74) is 1.41. The molecule has 0 saturated heterocycles. The Morgan fingerprint density at radius 3 is 3.10 bits per heavy atom. The highest BCUT2D eigenvalue weighted by atomic mass is 32.2. The molecule has 0 aromatic carbocycles. The van der Waals surface area contributed by atoms with E-state index in [2.05, 4.69) is 22.0 Å². The quantitative estimate of drug-likeness (QED) is 0.600. The average molecular weight is 292 g/mol. The molecule has 0 saturated carbocycles. The number of carboxylic acid groups (broad SMARTS) is 1. The number of aromatic carboxylic acids is 1. The third kappa shape index (κ3) is 2.93. The van der Waals surface area contributed by atoms with Crippen molar-refractivity contribution in [3.63, 3.8) is 0 Å². The molecular formula is C13H16N4O2S. The molecule has 2 heterocycles. The lowest BCUT2D eigenvalue weighted by atomic mass is 10.2. The number of rotatable bonds is 7. The van der Waals surface area contributed by atoms with Gasteiger partial charge in [-0.2, -0.15) is 16.9 Å². The van der Waals surface area contributed by atoms with E-state index in [0.717, 1.165) is 16.9 Å². The van der Waals surface area contributed by atoms with Gasteiger partial charge in [-0.15, -0.1) is 6.58 Å². The molecule has 0 atom stereocenters. The van der Waals surface area contributed by atoms with Gasteiger partial charge < -0.3 is 10.4 Å². The van der Waals surface area contributed by atoms with Crippen LogP contribution in [0.4, 0.5) is 5.69 Å². The first-order valence-electron chi connectivity index (χ1n) is 6.11. The van der Waals surface area contributed by atoms with Gasteiger partial charge in [-0.05, 0) is 0 Å². The normalized spacial score (nSPS) is 10.7. The van der Waals surface area contributed by atoms with Gasteiger partial charge in [0.2, 0.25) is 0 Å². The predicted molar refractivity (Wildman–Crippen MR) is 81.5 cm³/mol. The van der Waals surface area contributed by atoms with E-state index in [9.17, 15) is 9.90 Å². The summed E-state index contributed by atoms with van der Waals surface area (Å²) in [6.45, 7) is 4.33. The van der Waals surface area contributed by atoms with Crippen LogP contribution in [-0.4, -0.2) is 43.9 Å². The van der Waals surface area contributed by atoms with Crippen LogP contribution in [0.3, 0.4) is 0 Å². The molecule has 106 valence electrons. The van der Waals surface area contributed by atoms with Gasteiger partial charge in [0, 0.05) is 31.3 Å². The van der Waals surface area contributed by atoms with Crippen molar-refractivity contribution in [2.75, 3.05) is 23.4 Å². The second kappa shape index (κ2) is 6.42. The lowest BCUT2D eigenvalue weighted by Gasteiger charge is -2.10. The van der Waals surface area contributed by atoms with Crippen molar-refractivity contribution < 1.29 is 9.90 Å². The number of anilines is 1. The van der Waals surface area contributed by atoms with E-state index in [0.29, 0.717) is 17.9 Å². The number of thioether (sulfide) groups is 1. The Kier molecular flexibility index (Phi) is 4.62. The Morgan fingerprint density at radius 2 is 2.40 bits per heavy atom. The van der Waals surface area contributed by atoms with Crippen molar-refractivity contribution in [1.82, 2.24) is 14.8 Å². The molecule has 2 rings (SSSR count). The fraction of sp³-hybridized carbons (Fsp3) is 0.308. The van der Waals surface area contributed by atoms with Crippen molar-refractivity contribution >= 4 is 34.5 Å². The maximum Gasteiger partial charge on any atom is 0.339 e. The number of aryl methyl sites for hydroxylation is 1. The second-order valence-electron chi connectivity index (χ2n) is 4.15. The highest BCUT2D eigenvalue weighted by Crippen LogP contribution is 2.25. The molecule has 2 aromatic rings. The van der Waals surface area contributed by atoms with Crippen LogP contribution < -0.4 is 5.32 Å². The zero-order valence-electron chi connectivity index (χ0n) is 11.2. The largest absolute Gasteiger partial charge is 0.478 e. The molecule has 0 fully saturated rings. The van der Waals surface area contributed by atoms with E-state index in [1.807, 2.05) is 6.08 Å². The second-order valence-corrected chi connectivity index (χ2v) is 5.30. The van der Waals surface area contributed by atoms with E-state index >= 15 is 0 Å². The lowest BCUT2D eigenvalue weighted by Crippen LogP contribution is -2.10. The SMILES string of the molecule is C=CCSCCNc1c(C(=O)O)cnc2c1cnn2C. The molecule has 0 unspecified atom stereocenters. The first-order chi connectivity index (χ1) is 9.65. The topological polar surface area (TPSA) is 80.0 Å². The third-order valence-electron chi connectivity index (χ3n) is 2.78. The number of nitrogens with one attached hydrogen (secondary N) is 1. The third-order valence-corrected chi connectivity index (χ3v) is 3.74. The van der Waals surface area contributed by atoms with Gasteiger partial charge in [0.25, 0.3) is 0 Å². The Hall–Kier alpha value is -2.02. The fourth-order valence-corrected chi connectivity index (χ4v) is 2.44. The summed E-state index contributed by atoms with van der Waals surface area (Å²) in [5.74, 6) is 0.755. The van der Waals surface area contributed by atoms with Crippen molar-refractivity contribution in [3.05, 3.63) is 30.6 Å². The number of hydrogen-bond acceptors (Lipinski definition) is 5. The minimum absolute atomic E-state index is 0.166. The number of aromatic nitrogens is 3. The molecule has 20 heavy (non-hydrogen) atoms. The molecule has 0 radical (unpaired) electrons. The van der Waals surface area contributed by atoms with Crippen molar-refractivity contribution in [2.24, 2.45) is 7.05 Å². The molecule has 0 aliphatic rings. The summed E-state index contributed by atoms with van der Waals surface area (Å²) in [4.78, 5) is 15.4. The minimum atomic E-state index is -0.996. The zero-order valence-corrected chi connectivity index (χ0v) is 12.0. The van der Waals surface area contributed by atoms with Gasteiger partial charge in [0.05, 0.1) is 17.3 Å². The number of carbonyl (C=O) groups is 1. The van der Waals surface area contributed by atoms with Crippen molar-refractivity contribution in [3.8, 4) is 0 Å². The number of pyridine rings is 1. The first-order valence-corrected chi connectivity index (χ1v) is 7.27. The molecule has 0 aliphatic carbocycles. The highest BCUT2D eigenvalue weighted by molar-refractivity contribution is 7.99. The van der Waals surface area contributed by atoms with Crippen LogP contribution in [0.2, 0.25) is 0 Å². The number of fused-ring (bicyclic) bond motifs is 1. The number of carboxylic acids is 1. The molecule has 0 bridgehead atoms. The van der Waals surface area contributed by atoms with E-state index in [4.69, 9.17) is 0 Å². The summed E-state index contributed by atoms with van der Waals surface area (Å²) in [6.07, 6.45) is 4.85. The monoisotopic (exact) mass is 292 g/mol. The van der Waals surface area contributed by atoms with Gasteiger partial charge in [0.15, 0.2) is 5.65 Å². The van der Waals surface area contributed by atoms with Crippen LogP contribution in [0.15, 0.2) is 25.0 Å². The molecule has 2 aromatic heterocycles. The number of nitrogens with zero attached hydrogens (tertiary/aromatic N) is 3. The van der Waals surface area contributed by atoms with Crippen LogP contribution in [0.5, 0.6) is 0 Å². The molecule has 7 heteroatoms. The van der Waals surface area contributed by atoms with Crippen molar-refractivity contribution in [2.45, 2.75) is 0 Å². The van der Waals surface area contributed by atoms with Gasteiger partial charge >= 0.3 is 5.97 Å². The molecule has 0 spiro atoms. The lowest BCUT2D eigenvalue weighted by molar-refractivity contribution is 0.0697. The predicted octanol–water partition coefficient (Wildman–Crippen LogP) is 2.00. The van der Waals surface area contributed by atoms with Crippen LogP contribution in [0.25, 0.3) is 11.0 Å². The van der Waals surface area contributed by atoms with Crippen LogP contribution >= 0.6 is 11.8 Å². The zero-order chi connectivity index (χ0) is 14.5. The van der Waals surface area contributed by atoms with Gasteiger partial charge in [-0.25, -0.2) is 9.78 Å². The minimum Gasteiger partial charge on any atom is -0.478 e. The highest BCUT2D eigenvalue weighted by Gasteiger charge is 2.16. The molecular weight excluding hydrogens is 276 g/mol. The number of hydrogen-bond donors (Lipinski definition) is 2. The van der Waals surface area contributed by atoms with E-state index in [1.165, 1.54) is 6.20 Å². The van der Waals surface area contributed by atoms with Gasteiger partial charge in [-0.1, -0.05) is 6.08 Å². The summed E-state index contributed by atoms with van der Waals surface area (Å²) < 4.78 is 1.62. The molecule has 2 N–H and O–H groups in total. The summed E-state index contributed by atoms with van der Waals surface area (Å²) >= 11 is 1.73. The Morgan fingerprint density at radius 1 is 1.60 bits per heavy atom. The maximum atomic E-state index is 11.3. The summed E-state index contributed by atoms with van der Waals surface area (Å²) in [7, 11) is 1.78. The maximum absolute atomic E-state index is 11.3. The smallest absolute Gasteiger partial charge is 0.339 e. The van der Waals surface area contributed by atoms with Crippen LogP contribution in [0.1, 0.15) is 10.4 Å². The molecule has 6 nitrogen and oxygen atoms in total. The van der Waals surface area contributed by atoms with Crippen LogP contribution in [-0.2, 0) is 7.05 Å². The Balaban J connectivity index is 2.25. The summed E-state index contributed by atoms with van der Waals surface area (Å²) in [6, 6.07) is 0. The molecule has 0 aliphatic heterocycles. The van der Waals surface area contributed by atoms with E-state index in [-0.39, 0.29) is 5.56 Å². The Bertz CT molecular complexity index is 639. The Labute approximate surface area is 120 Å².